The van der Waals surface area contributed by atoms with E-state index in [9.17, 15) is 0 Å². The Balaban J connectivity index is 0.000000490. The number of rotatable bonds is 0. The Morgan fingerprint density at radius 1 is 1.25 bits per heavy atom. The standard InChI is InChI=1S/C6H11O.K/c1-6-2-4-7-5-3-6;/h6H,1-5H2;/q-1;+1. The van der Waals surface area contributed by atoms with Crippen LogP contribution in [0.2, 0.25) is 0 Å². The van der Waals surface area contributed by atoms with Crippen LogP contribution in [0, 0.1) is 12.8 Å². The van der Waals surface area contributed by atoms with Crippen molar-refractivity contribution >= 4 is 0 Å². The molecule has 0 spiro atoms. The van der Waals surface area contributed by atoms with Crippen molar-refractivity contribution in [2.75, 3.05) is 13.2 Å². The minimum absolute atomic E-state index is 0. The summed E-state index contributed by atoms with van der Waals surface area (Å²) in [5, 5.41) is 0. The monoisotopic (exact) mass is 138 g/mol. The smallest absolute Gasteiger partial charge is 0.382 e. The van der Waals surface area contributed by atoms with Gasteiger partial charge in [-0.15, -0.1) is 0 Å². The molecule has 0 amide bonds. The minimum Gasteiger partial charge on any atom is -0.382 e. The predicted octanol–water partition coefficient (Wildman–Crippen LogP) is -1.75. The topological polar surface area (TPSA) is 9.23 Å². The molecule has 0 aromatic rings. The second-order valence-electron chi connectivity index (χ2n) is 2.06. The van der Waals surface area contributed by atoms with E-state index in [1.165, 1.54) is 0 Å². The van der Waals surface area contributed by atoms with E-state index in [-0.39, 0.29) is 51.4 Å². The van der Waals surface area contributed by atoms with Gasteiger partial charge in [0.05, 0.1) is 0 Å². The molecule has 1 fully saturated rings. The van der Waals surface area contributed by atoms with Crippen molar-refractivity contribution in [3.63, 3.8) is 0 Å². The maximum Gasteiger partial charge on any atom is 1.00 e. The maximum absolute atomic E-state index is 5.10. The second kappa shape index (κ2) is 5.39. The van der Waals surface area contributed by atoms with E-state index >= 15 is 0 Å². The fourth-order valence-corrected chi connectivity index (χ4v) is 0.746. The third-order valence-electron chi connectivity index (χ3n) is 1.34. The molecule has 0 unspecified atom stereocenters. The summed E-state index contributed by atoms with van der Waals surface area (Å²) in [6.45, 7) is 5.77. The van der Waals surface area contributed by atoms with Crippen molar-refractivity contribution in [1.82, 2.24) is 0 Å². The molecule has 1 saturated heterocycles. The van der Waals surface area contributed by atoms with Crippen molar-refractivity contribution in [3.8, 4) is 0 Å². The molecule has 0 bridgehead atoms. The molecule has 0 saturated carbocycles. The molecule has 0 aromatic carbocycles. The first-order chi connectivity index (χ1) is 3.39. The largest absolute Gasteiger partial charge is 1.00 e. The Bertz CT molecular complexity index is 50.5. The molecular weight excluding hydrogens is 127 g/mol. The van der Waals surface area contributed by atoms with Crippen LogP contribution in [0.1, 0.15) is 12.8 Å². The zero-order valence-electron chi connectivity index (χ0n) is 5.52. The van der Waals surface area contributed by atoms with E-state index in [1.54, 1.807) is 0 Å². The van der Waals surface area contributed by atoms with Crippen LogP contribution in [0.15, 0.2) is 0 Å². The van der Waals surface area contributed by atoms with E-state index in [0.29, 0.717) is 5.92 Å². The van der Waals surface area contributed by atoms with E-state index in [2.05, 4.69) is 6.92 Å². The Kier molecular flexibility index (Phi) is 6.46. The Labute approximate surface area is 93.6 Å². The van der Waals surface area contributed by atoms with Crippen molar-refractivity contribution in [2.45, 2.75) is 12.8 Å². The molecule has 0 N–H and O–H groups in total. The third-order valence-corrected chi connectivity index (χ3v) is 1.34. The Morgan fingerprint density at radius 2 is 1.75 bits per heavy atom. The van der Waals surface area contributed by atoms with Gasteiger partial charge >= 0.3 is 51.4 Å². The van der Waals surface area contributed by atoms with E-state index in [1.807, 2.05) is 0 Å². The SMILES string of the molecule is [CH2-]C1CCOCC1.[K+]. The molecule has 0 radical (unpaired) electrons. The third kappa shape index (κ3) is 3.59. The number of hydrogen-bond donors (Lipinski definition) is 0. The van der Waals surface area contributed by atoms with Gasteiger partial charge in [0, 0.05) is 13.2 Å². The van der Waals surface area contributed by atoms with E-state index in [0.717, 1.165) is 26.1 Å². The maximum atomic E-state index is 5.10. The normalized spacial score (nSPS) is 22.1. The molecule has 1 aliphatic rings. The first kappa shape index (κ1) is 9.60. The molecule has 0 aliphatic carbocycles. The van der Waals surface area contributed by atoms with Crippen molar-refractivity contribution in [1.29, 1.82) is 0 Å². The van der Waals surface area contributed by atoms with Gasteiger partial charge in [-0.2, -0.15) is 5.92 Å². The van der Waals surface area contributed by atoms with Gasteiger partial charge in [-0.05, 0) is 0 Å². The molecular formula is C6H11KO. The summed E-state index contributed by atoms with van der Waals surface area (Å²) >= 11 is 0. The molecule has 8 heavy (non-hydrogen) atoms. The van der Waals surface area contributed by atoms with Crippen LogP contribution in [0.4, 0.5) is 0 Å². The molecule has 1 heterocycles. The number of ether oxygens (including phenoxy) is 1. The fraction of sp³-hybridized carbons (Fsp3) is 0.833. The molecule has 42 valence electrons. The molecule has 0 aromatic heterocycles. The van der Waals surface area contributed by atoms with Crippen LogP contribution < -0.4 is 51.4 Å². The quantitative estimate of drug-likeness (QED) is 0.285. The van der Waals surface area contributed by atoms with Crippen molar-refractivity contribution in [3.05, 3.63) is 6.92 Å². The zero-order valence-corrected chi connectivity index (χ0v) is 8.64. The summed E-state index contributed by atoms with van der Waals surface area (Å²) in [4.78, 5) is 0. The van der Waals surface area contributed by atoms with Gasteiger partial charge in [0.15, 0.2) is 0 Å². The van der Waals surface area contributed by atoms with Gasteiger partial charge in [0.25, 0.3) is 0 Å². The summed E-state index contributed by atoms with van der Waals surface area (Å²) < 4.78 is 5.10. The Hall–Kier alpha value is 1.60. The molecule has 1 aliphatic heterocycles. The van der Waals surface area contributed by atoms with Gasteiger partial charge in [0.2, 0.25) is 0 Å². The first-order valence-corrected chi connectivity index (χ1v) is 2.80. The van der Waals surface area contributed by atoms with Crippen LogP contribution in [-0.2, 0) is 4.74 Å². The van der Waals surface area contributed by atoms with Crippen LogP contribution >= 0.6 is 0 Å². The van der Waals surface area contributed by atoms with Crippen LogP contribution in [0.3, 0.4) is 0 Å². The average Bonchev–Trinajstić information content (AvgIpc) is 1.69. The summed E-state index contributed by atoms with van der Waals surface area (Å²) in [7, 11) is 0. The van der Waals surface area contributed by atoms with Crippen LogP contribution in [0.5, 0.6) is 0 Å². The predicted molar refractivity (Wildman–Crippen MR) is 28.9 cm³/mol. The average molecular weight is 138 g/mol. The fourth-order valence-electron chi connectivity index (χ4n) is 0.746. The van der Waals surface area contributed by atoms with Gasteiger partial charge < -0.3 is 11.7 Å². The molecule has 2 heteroatoms. The summed E-state index contributed by atoms with van der Waals surface area (Å²) in [6, 6.07) is 0. The molecule has 0 atom stereocenters. The minimum atomic E-state index is 0. The number of hydrogen-bond acceptors (Lipinski definition) is 1. The van der Waals surface area contributed by atoms with Crippen molar-refractivity contribution in [2.24, 2.45) is 5.92 Å². The van der Waals surface area contributed by atoms with Crippen molar-refractivity contribution < 1.29 is 56.1 Å². The first-order valence-electron chi connectivity index (χ1n) is 2.80. The summed E-state index contributed by atoms with van der Waals surface area (Å²) in [5.74, 6) is 0.661. The summed E-state index contributed by atoms with van der Waals surface area (Å²) in [5.41, 5.74) is 0. The summed E-state index contributed by atoms with van der Waals surface area (Å²) in [6.07, 6.45) is 2.31. The van der Waals surface area contributed by atoms with Gasteiger partial charge in [0.1, 0.15) is 0 Å². The van der Waals surface area contributed by atoms with Gasteiger partial charge in [-0.25, -0.2) is 0 Å². The van der Waals surface area contributed by atoms with E-state index in [4.69, 9.17) is 4.74 Å². The molecule has 1 nitrogen and oxygen atoms in total. The second-order valence-corrected chi connectivity index (χ2v) is 2.06. The van der Waals surface area contributed by atoms with Gasteiger partial charge in [-0.1, -0.05) is 12.8 Å². The zero-order chi connectivity index (χ0) is 5.11. The van der Waals surface area contributed by atoms with E-state index < -0.39 is 0 Å². The Morgan fingerprint density at radius 3 is 2.00 bits per heavy atom. The van der Waals surface area contributed by atoms with Crippen LogP contribution in [-0.4, -0.2) is 13.2 Å². The van der Waals surface area contributed by atoms with Gasteiger partial charge in [-0.3, -0.25) is 0 Å². The van der Waals surface area contributed by atoms with Crippen LogP contribution in [0.25, 0.3) is 0 Å². The molecule has 1 rings (SSSR count).